The van der Waals surface area contributed by atoms with Gasteiger partial charge in [-0.1, -0.05) is 35.4 Å². The molecule has 1 rings (SSSR count). The van der Waals surface area contributed by atoms with E-state index in [1.54, 1.807) is 0 Å². The molecular weight excluding hydrogens is 267 g/mol. The fourth-order valence-electron chi connectivity index (χ4n) is 1.55. The van der Waals surface area contributed by atoms with E-state index in [1.165, 1.54) is 25.7 Å². The van der Waals surface area contributed by atoms with Crippen LogP contribution in [0.2, 0.25) is 13.1 Å². The first-order chi connectivity index (χ1) is 5.20. The fraction of sp³-hybridized carbons (Fsp3) is 1.00. The number of hydrogen-bond acceptors (Lipinski definition) is 1. The highest BCUT2D eigenvalue weighted by molar-refractivity contribution is 14.1. The Labute approximate surface area is 84.8 Å². The van der Waals surface area contributed by atoms with Gasteiger partial charge in [-0.25, -0.2) is 0 Å². The lowest BCUT2D eigenvalue weighted by atomic mass is 9.98. The second-order valence-electron chi connectivity index (χ2n) is 3.52. The summed E-state index contributed by atoms with van der Waals surface area (Å²) < 4.78 is 6.72. The summed E-state index contributed by atoms with van der Waals surface area (Å²) >= 11 is 2.55. The first kappa shape index (κ1) is 9.99. The average molecular weight is 284 g/mol. The molecule has 1 fully saturated rings. The van der Waals surface area contributed by atoms with Crippen LogP contribution in [0.15, 0.2) is 0 Å². The van der Waals surface area contributed by atoms with Crippen LogP contribution in [0.25, 0.3) is 0 Å². The molecule has 0 N–H and O–H groups in total. The van der Waals surface area contributed by atoms with Crippen molar-refractivity contribution in [3.05, 3.63) is 0 Å². The molecule has 0 unspecified atom stereocenters. The highest BCUT2D eigenvalue weighted by Crippen LogP contribution is 2.27. The van der Waals surface area contributed by atoms with E-state index in [9.17, 15) is 0 Å². The summed E-state index contributed by atoms with van der Waals surface area (Å²) in [6, 6.07) is 0. The topological polar surface area (TPSA) is 9.23 Å². The number of alkyl halides is 1. The van der Waals surface area contributed by atoms with Gasteiger partial charge in [0.15, 0.2) is 9.04 Å². The third-order valence-corrected chi connectivity index (χ3v) is 4.39. The fourth-order valence-corrected chi connectivity index (χ4v) is 3.87. The molecule has 0 radical (unpaired) electrons. The Balaban J connectivity index is 2.29. The normalized spacial score (nSPS) is 32.7. The van der Waals surface area contributed by atoms with Gasteiger partial charge >= 0.3 is 0 Å². The van der Waals surface area contributed by atoms with Crippen LogP contribution in [-0.4, -0.2) is 19.1 Å². The molecule has 1 nitrogen and oxygen atoms in total. The van der Waals surface area contributed by atoms with Crippen molar-refractivity contribution in [3.63, 3.8) is 0 Å². The summed E-state index contributed by atoms with van der Waals surface area (Å²) in [5.41, 5.74) is 0. The Bertz CT molecular complexity index is 119. The Morgan fingerprint density at radius 3 is 2.45 bits per heavy atom. The van der Waals surface area contributed by atoms with E-state index in [2.05, 4.69) is 35.7 Å². The van der Waals surface area contributed by atoms with Crippen molar-refractivity contribution < 1.29 is 4.43 Å². The SMILES string of the molecule is C[SiH](C)O[C@@H]1CCCC[C@H]1I. The summed E-state index contributed by atoms with van der Waals surface area (Å²) in [4.78, 5) is 0. The van der Waals surface area contributed by atoms with E-state index in [-0.39, 0.29) is 0 Å². The summed E-state index contributed by atoms with van der Waals surface area (Å²) in [6.45, 7) is 4.52. The van der Waals surface area contributed by atoms with Crippen LogP contribution in [0.5, 0.6) is 0 Å². The molecular formula is C8H17IOSi. The van der Waals surface area contributed by atoms with E-state index in [0.29, 0.717) is 6.10 Å². The Morgan fingerprint density at radius 2 is 1.91 bits per heavy atom. The number of halogens is 1. The Kier molecular flexibility index (Phi) is 4.38. The maximum atomic E-state index is 5.93. The molecule has 0 aromatic heterocycles. The van der Waals surface area contributed by atoms with Crippen LogP contribution in [0.4, 0.5) is 0 Å². The molecule has 1 saturated carbocycles. The third-order valence-electron chi connectivity index (χ3n) is 2.07. The van der Waals surface area contributed by atoms with Crippen LogP contribution in [0, 0.1) is 0 Å². The molecule has 0 aromatic rings. The lowest BCUT2D eigenvalue weighted by molar-refractivity contribution is 0.168. The molecule has 1 aliphatic carbocycles. The lowest BCUT2D eigenvalue weighted by Gasteiger charge is -2.29. The minimum atomic E-state index is -0.787. The summed E-state index contributed by atoms with van der Waals surface area (Å²) in [7, 11) is -0.787. The summed E-state index contributed by atoms with van der Waals surface area (Å²) in [6.07, 6.45) is 6.06. The van der Waals surface area contributed by atoms with Crippen molar-refractivity contribution in [3.8, 4) is 0 Å². The Morgan fingerprint density at radius 1 is 1.27 bits per heavy atom. The monoisotopic (exact) mass is 284 g/mol. The standard InChI is InChI=1S/C8H17IOSi/c1-11(2)10-8-6-4-3-5-7(8)9/h7-8,11H,3-6H2,1-2H3/t7-,8-/m1/s1. The molecule has 3 heteroatoms. The first-order valence-electron chi connectivity index (χ1n) is 4.49. The zero-order valence-electron chi connectivity index (χ0n) is 7.35. The van der Waals surface area contributed by atoms with Gasteiger partial charge in [-0.05, 0) is 25.9 Å². The van der Waals surface area contributed by atoms with E-state index in [4.69, 9.17) is 4.43 Å². The van der Waals surface area contributed by atoms with Gasteiger partial charge in [-0.2, -0.15) is 0 Å². The van der Waals surface area contributed by atoms with Crippen LogP contribution in [-0.2, 0) is 4.43 Å². The van der Waals surface area contributed by atoms with Gasteiger partial charge < -0.3 is 4.43 Å². The zero-order chi connectivity index (χ0) is 8.27. The van der Waals surface area contributed by atoms with Crippen molar-refractivity contribution in [1.82, 2.24) is 0 Å². The zero-order valence-corrected chi connectivity index (χ0v) is 10.7. The van der Waals surface area contributed by atoms with Crippen LogP contribution < -0.4 is 0 Å². The molecule has 0 saturated heterocycles. The molecule has 0 bridgehead atoms. The van der Waals surface area contributed by atoms with Gasteiger partial charge in [-0.15, -0.1) is 0 Å². The maximum Gasteiger partial charge on any atom is 0.171 e. The van der Waals surface area contributed by atoms with Gasteiger partial charge in [-0.3, -0.25) is 0 Å². The van der Waals surface area contributed by atoms with E-state index < -0.39 is 9.04 Å². The smallest absolute Gasteiger partial charge is 0.171 e. The van der Waals surface area contributed by atoms with Crippen molar-refractivity contribution in [2.24, 2.45) is 0 Å². The quantitative estimate of drug-likeness (QED) is 0.430. The van der Waals surface area contributed by atoms with E-state index >= 15 is 0 Å². The molecule has 11 heavy (non-hydrogen) atoms. The maximum absolute atomic E-state index is 5.93. The number of hydrogen-bond donors (Lipinski definition) is 0. The van der Waals surface area contributed by atoms with Gasteiger partial charge in [0.25, 0.3) is 0 Å². The summed E-state index contributed by atoms with van der Waals surface area (Å²) in [5, 5.41) is 0. The van der Waals surface area contributed by atoms with Crippen LogP contribution in [0.1, 0.15) is 25.7 Å². The second kappa shape index (κ2) is 4.82. The molecule has 0 amide bonds. The highest BCUT2D eigenvalue weighted by atomic mass is 127. The predicted octanol–water partition coefficient (Wildman–Crippen LogP) is 2.73. The minimum absolute atomic E-state index is 0.594. The third kappa shape index (κ3) is 3.42. The van der Waals surface area contributed by atoms with E-state index in [1.807, 2.05) is 0 Å². The lowest BCUT2D eigenvalue weighted by Crippen LogP contribution is -2.31. The second-order valence-corrected chi connectivity index (χ2v) is 7.49. The van der Waals surface area contributed by atoms with Crippen LogP contribution >= 0.6 is 22.6 Å². The van der Waals surface area contributed by atoms with Crippen molar-refractivity contribution >= 4 is 31.6 Å². The molecule has 0 heterocycles. The average Bonchev–Trinajstić information content (AvgIpc) is 1.93. The summed E-state index contributed by atoms with van der Waals surface area (Å²) in [5.74, 6) is 0. The molecule has 66 valence electrons. The highest BCUT2D eigenvalue weighted by Gasteiger charge is 2.23. The molecule has 2 atom stereocenters. The molecule has 0 aliphatic heterocycles. The van der Waals surface area contributed by atoms with Crippen molar-refractivity contribution in [1.29, 1.82) is 0 Å². The van der Waals surface area contributed by atoms with Gasteiger partial charge in [0.05, 0.1) is 6.10 Å². The van der Waals surface area contributed by atoms with Gasteiger partial charge in [0, 0.05) is 3.92 Å². The van der Waals surface area contributed by atoms with Gasteiger partial charge in [0.2, 0.25) is 0 Å². The minimum Gasteiger partial charge on any atom is -0.417 e. The first-order valence-corrected chi connectivity index (χ1v) is 8.52. The van der Waals surface area contributed by atoms with Crippen LogP contribution in [0.3, 0.4) is 0 Å². The number of rotatable bonds is 2. The van der Waals surface area contributed by atoms with E-state index in [0.717, 1.165) is 3.92 Å². The molecule has 1 aliphatic rings. The Hall–Kier alpha value is 0.907. The van der Waals surface area contributed by atoms with Gasteiger partial charge in [0.1, 0.15) is 0 Å². The molecule has 0 spiro atoms. The predicted molar refractivity (Wildman–Crippen MR) is 60.0 cm³/mol. The van der Waals surface area contributed by atoms with Crippen molar-refractivity contribution in [2.45, 2.75) is 48.8 Å². The molecule has 0 aromatic carbocycles. The van der Waals surface area contributed by atoms with Crippen molar-refractivity contribution in [2.75, 3.05) is 0 Å². The largest absolute Gasteiger partial charge is 0.417 e.